The molecule has 0 atom stereocenters. The van der Waals surface area contributed by atoms with Crippen LogP contribution in [0.25, 0.3) is 11.6 Å². The quantitative estimate of drug-likeness (QED) is 0.746. The standard InChI is InChI=1S/C15H12N4O4S/c20-13(10-24(21,22)11-6-2-1-3-7-11)17-15-19-18-14(23-15)12-8-4-5-9-16-12/h1-9H,10H2,(H,17,19,20). The monoisotopic (exact) mass is 344 g/mol. The van der Waals surface area contributed by atoms with E-state index in [1.165, 1.54) is 12.1 Å². The highest BCUT2D eigenvalue weighted by Crippen LogP contribution is 2.17. The number of benzene rings is 1. The number of amides is 1. The molecule has 2 aromatic heterocycles. The van der Waals surface area contributed by atoms with Crippen molar-refractivity contribution in [2.45, 2.75) is 4.90 Å². The van der Waals surface area contributed by atoms with E-state index < -0.39 is 21.5 Å². The number of anilines is 1. The molecule has 0 saturated heterocycles. The van der Waals surface area contributed by atoms with Crippen LogP contribution in [-0.2, 0) is 14.6 Å². The topological polar surface area (TPSA) is 115 Å². The fourth-order valence-electron chi connectivity index (χ4n) is 1.91. The third kappa shape index (κ3) is 3.63. The summed E-state index contributed by atoms with van der Waals surface area (Å²) in [6.45, 7) is 0. The number of rotatable bonds is 5. The lowest BCUT2D eigenvalue weighted by atomic mass is 10.3. The molecule has 1 aromatic carbocycles. The lowest BCUT2D eigenvalue weighted by Crippen LogP contribution is -2.23. The largest absolute Gasteiger partial charge is 0.401 e. The number of nitrogens with one attached hydrogen (secondary N) is 1. The first-order valence-electron chi connectivity index (χ1n) is 6.87. The highest BCUT2D eigenvalue weighted by molar-refractivity contribution is 7.92. The Morgan fingerprint density at radius 2 is 1.79 bits per heavy atom. The molecule has 1 amide bonds. The van der Waals surface area contributed by atoms with Crippen LogP contribution in [0.5, 0.6) is 0 Å². The van der Waals surface area contributed by atoms with Crippen molar-refractivity contribution in [3.05, 3.63) is 54.7 Å². The Hall–Kier alpha value is -3.07. The van der Waals surface area contributed by atoms with Crippen LogP contribution in [0.1, 0.15) is 0 Å². The van der Waals surface area contributed by atoms with Crippen LogP contribution >= 0.6 is 0 Å². The number of carbonyl (C=O) groups is 1. The molecule has 8 nitrogen and oxygen atoms in total. The Kier molecular flexibility index (Phi) is 4.34. The van der Waals surface area contributed by atoms with Crippen LogP contribution in [0.3, 0.4) is 0 Å². The predicted molar refractivity (Wildman–Crippen MR) is 84.7 cm³/mol. The van der Waals surface area contributed by atoms with E-state index in [9.17, 15) is 13.2 Å². The lowest BCUT2D eigenvalue weighted by molar-refractivity contribution is -0.114. The van der Waals surface area contributed by atoms with E-state index in [1.807, 2.05) is 0 Å². The highest BCUT2D eigenvalue weighted by Gasteiger charge is 2.20. The molecule has 0 fully saturated rings. The maximum absolute atomic E-state index is 12.1. The fraction of sp³-hybridized carbons (Fsp3) is 0.0667. The van der Waals surface area contributed by atoms with Gasteiger partial charge in [0.2, 0.25) is 5.91 Å². The Morgan fingerprint density at radius 3 is 2.50 bits per heavy atom. The van der Waals surface area contributed by atoms with Gasteiger partial charge in [-0.25, -0.2) is 8.42 Å². The maximum atomic E-state index is 12.1. The van der Waals surface area contributed by atoms with Crippen LogP contribution in [0.2, 0.25) is 0 Å². The first-order chi connectivity index (χ1) is 11.5. The second-order valence-electron chi connectivity index (χ2n) is 4.75. The Balaban J connectivity index is 1.69. The minimum absolute atomic E-state index is 0.0693. The van der Waals surface area contributed by atoms with Crippen LogP contribution in [0.15, 0.2) is 64.0 Å². The van der Waals surface area contributed by atoms with Crippen molar-refractivity contribution in [1.82, 2.24) is 15.2 Å². The number of carbonyl (C=O) groups excluding carboxylic acids is 1. The van der Waals surface area contributed by atoms with E-state index in [0.29, 0.717) is 5.69 Å². The van der Waals surface area contributed by atoms with Gasteiger partial charge in [0.25, 0.3) is 5.89 Å². The van der Waals surface area contributed by atoms with Crippen molar-refractivity contribution in [2.75, 3.05) is 11.1 Å². The van der Waals surface area contributed by atoms with E-state index in [1.54, 1.807) is 42.6 Å². The minimum Gasteiger partial charge on any atom is -0.401 e. The molecule has 0 bridgehead atoms. The molecular weight excluding hydrogens is 332 g/mol. The first-order valence-corrected chi connectivity index (χ1v) is 8.52. The van der Waals surface area contributed by atoms with Crippen molar-refractivity contribution in [3.8, 4) is 11.6 Å². The highest BCUT2D eigenvalue weighted by atomic mass is 32.2. The van der Waals surface area contributed by atoms with Gasteiger partial charge in [0.1, 0.15) is 11.4 Å². The molecule has 0 aliphatic carbocycles. The molecule has 1 N–H and O–H groups in total. The molecule has 0 unspecified atom stereocenters. The van der Waals surface area contributed by atoms with Gasteiger partial charge in [0, 0.05) is 6.20 Å². The predicted octanol–water partition coefficient (Wildman–Crippen LogP) is 1.54. The average Bonchev–Trinajstić information content (AvgIpc) is 3.04. The molecular formula is C15H12N4O4S. The van der Waals surface area contributed by atoms with E-state index in [-0.39, 0.29) is 16.8 Å². The van der Waals surface area contributed by atoms with E-state index in [4.69, 9.17) is 4.42 Å². The number of pyridine rings is 1. The summed E-state index contributed by atoms with van der Waals surface area (Å²) in [4.78, 5) is 16.0. The van der Waals surface area contributed by atoms with Crippen molar-refractivity contribution in [1.29, 1.82) is 0 Å². The first kappa shape index (κ1) is 15.8. The van der Waals surface area contributed by atoms with Gasteiger partial charge in [-0.1, -0.05) is 29.4 Å². The molecule has 0 spiro atoms. The summed E-state index contributed by atoms with van der Waals surface area (Å²) < 4.78 is 29.5. The molecule has 2 heterocycles. The van der Waals surface area contributed by atoms with Gasteiger partial charge in [0.05, 0.1) is 4.90 Å². The van der Waals surface area contributed by atoms with Gasteiger partial charge >= 0.3 is 6.01 Å². The minimum atomic E-state index is -3.74. The molecule has 0 saturated carbocycles. The van der Waals surface area contributed by atoms with E-state index in [2.05, 4.69) is 20.5 Å². The van der Waals surface area contributed by atoms with Gasteiger partial charge in [-0.05, 0) is 24.3 Å². The van der Waals surface area contributed by atoms with Crippen LogP contribution in [-0.4, -0.2) is 35.3 Å². The SMILES string of the molecule is O=C(CS(=O)(=O)c1ccccc1)Nc1nnc(-c2ccccn2)o1. The molecule has 24 heavy (non-hydrogen) atoms. The van der Waals surface area contributed by atoms with Crippen molar-refractivity contribution >= 4 is 21.8 Å². The summed E-state index contributed by atoms with van der Waals surface area (Å²) in [7, 11) is -3.74. The summed E-state index contributed by atoms with van der Waals surface area (Å²) in [6, 6.07) is 12.7. The second kappa shape index (κ2) is 6.59. The Bertz CT molecular complexity index is 940. The molecule has 3 aromatic rings. The summed E-state index contributed by atoms with van der Waals surface area (Å²) >= 11 is 0. The zero-order valence-corrected chi connectivity index (χ0v) is 13.1. The fourth-order valence-corrected chi connectivity index (χ4v) is 3.06. The molecule has 0 aliphatic heterocycles. The van der Waals surface area contributed by atoms with Gasteiger partial charge < -0.3 is 4.42 Å². The van der Waals surface area contributed by atoms with Crippen molar-refractivity contribution < 1.29 is 17.6 Å². The molecule has 0 radical (unpaired) electrons. The number of hydrogen-bond acceptors (Lipinski definition) is 7. The molecule has 9 heteroatoms. The zero-order valence-electron chi connectivity index (χ0n) is 12.3. The second-order valence-corrected chi connectivity index (χ2v) is 6.74. The summed E-state index contributed by atoms with van der Waals surface area (Å²) in [5.41, 5.74) is 0.447. The number of nitrogens with zero attached hydrogens (tertiary/aromatic N) is 3. The Labute approximate surface area is 137 Å². The average molecular weight is 344 g/mol. The van der Waals surface area contributed by atoms with Crippen molar-refractivity contribution in [3.63, 3.8) is 0 Å². The van der Waals surface area contributed by atoms with Crippen molar-refractivity contribution in [2.24, 2.45) is 0 Å². The number of hydrogen-bond donors (Lipinski definition) is 1. The third-order valence-electron chi connectivity index (χ3n) is 2.98. The summed E-state index contributed by atoms with van der Waals surface area (Å²) in [5, 5.41) is 9.67. The molecule has 0 aliphatic rings. The summed E-state index contributed by atoms with van der Waals surface area (Å²) in [5.74, 6) is -1.37. The van der Waals surface area contributed by atoms with Crippen LogP contribution < -0.4 is 5.32 Å². The van der Waals surface area contributed by atoms with Gasteiger partial charge in [-0.15, -0.1) is 5.10 Å². The zero-order chi connectivity index (χ0) is 17.0. The van der Waals surface area contributed by atoms with Crippen LogP contribution in [0, 0.1) is 0 Å². The number of sulfone groups is 1. The number of aromatic nitrogens is 3. The van der Waals surface area contributed by atoms with Crippen LogP contribution in [0.4, 0.5) is 6.01 Å². The van der Waals surface area contributed by atoms with Gasteiger partial charge in [-0.3, -0.25) is 15.1 Å². The smallest absolute Gasteiger partial charge is 0.322 e. The van der Waals surface area contributed by atoms with Gasteiger partial charge in [0.15, 0.2) is 9.84 Å². The third-order valence-corrected chi connectivity index (χ3v) is 4.61. The molecule has 3 rings (SSSR count). The van der Waals surface area contributed by atoms with E-state index >= 15 is 0 Å². The molecule has 122 valence electrons. The normalized spacial score (nSPS) is 11.2. The summed E-state index contributed by atoms with van der Waals surface area (Å²) in [6.07, 6.45) is 1.56. The van der Waals surface area contributed by atoms with E-state index in [0.717, 1.165) is 0 Å². The Morgan fingerprint density at radius 1 is 1.04 bits per heavy atom. The maximum Gasteiger partial charge on any atom is 0.322 e. The lowest BCUT2D eigenvalue weighted by Gasteiger charge is -2.03. The van der Waals surface area contributed by atoms with Gasteiger partial charge in [-0.2, -0.15) is 0 Å².